The van der Waals surface area contributed by atoms with Gasteiger partial charge in [0, 0.05) is 5.41 Å². The Morgan fingerprint density at radius 2 is 1.22 bits per heavy atom. The molecule has 0 radical (unpaired) electrons. The number of benzene rings is 5. The van der Waals surface area contributed by atoms with Crippen molar-refractivity contribution in [2.45, 2.75) is 19.3 Å². The minimum atomic E-state index is -1.45. The molecule has 32 heavy (non-hydrogen) atoms. The largest absolute Gasteiger partial charge is 0.488 e. The first kappa shape index (κ1) is 19.3. The lowest BCUT2D eigenvalue weighted by atomic mass is 9.79. The number of hydrogen-bond donors (Lipinski definition) is 2. The standard InChI is InChI=1S/C29H23BO2/c1-29(2)27-6-4-3-5-25(27)26-13-10-19(17-28(26)29)18-9-12-23-20(15-18)7-8-21-16-22(30(31)32)11-14-24(21)23/h3-17,31-32H,1-2H3. The summed E-state index contributed by atoms with van der Waals surface area (Å²) in [4.78, 5) is 0. The van der Waals surface area contributed by atoms with Gasteiger partial charge in [-0.25, -0.2) is 0 Å². The van der Waals surface area contributed by atoms with E-state index in [1.54, 1.807) is 6.07 Å². The van der Waals surface area contributed by atoms with E-state index in [0.29, 0.717) is 5.46 Å². The Hall–Kier alpha value is -3.40. The van der Waals surface area contributed by atoms with E-state index in [1.807, 2.05) is 12.1 Å². The van der Waals surface area contributed by atoms with Gasteiger partial charge in [0.1, 0.15) is 0 Å². The molecule has 0 atom stereocenters. The van der Waals surface area contributed by atoms with E-state index < -0.39 is 7.12 Å². The van der Waals surface area contributed by atoms with Gasteiger partial charge in [-0.1, -0.05) is 92.7 Å². The summed E-state index contributed by atoms with van der Waals surface area (Å²) in [5.74, 6) is 0. The summed E-state index contributed by atoms with van der Waals surface area (Å²) in [6, 6.07) is 31.9. The first-order chi connectivity index (χ1) is 15.4. The number of rotatable bonds is 2. The van der Waals surface area contributed by atoms with E-state index in [1.165, 1.54) is 44.2 Å². The molecule has 5 aromatic carbocycles. The van der Waals surface area contributed by atoms with Crippen LogP contribution in [0, 0.1) is 0 Å². The monoisotopic (exact) mass is 414 g/mol. The molecule has 6 rings (SSSR count). The Labute approximate surface area is 187 Å². The van der Waals surface area contributed by atoms with Crippen molar-refractivity contribution in [3.05, 3.63) is 102 Å². The van der Waals surface area contributed by atoms with Crippen molar-refractivity contribution in [2.24, 2.45) is 0 Å². The fourth-order valence-electron chi connectivity index (χ4n) is 5.31. The van der Waals surface area contributed by atoms with E-state index in [4.69, 9.17) is 0 Å². The maximum absolute atomic E-state index is 9.48. The minimum absolute atomic E-state index is 0.00995. The fourth-order valence-corrected chi connectivity index (χ4v) is 5.31. The van der Waals surface area contributed by atoms with Crippen LogP contribution in [0.4, 0.5) is 0 Å². The lowest BCUT2D eigenvalue weighted by molar-refractivity contribution is 0.426. The molecule has 5 aromatic rings. The molecule has 1 aliphatic rings. The fraction of sp³-hybridized carbons (Fsp3) is 0.103. The van der Waals surface area contributed by atoms with E-state index in [2.05, 4.69) is 86.6 Å². The Kier molecular flexibility index (Phi) is 4.10. The molecule has 3 heteroatoms. The lowest BCUT2D eigenvalue weighted by Gasteiger charge is -2.22. The highest BCUT2D eigenvalue weighted by atomic mass is 16.4. The quantitative estimate of drug-likeness (QED) is 0.290. The summed E-state index contributed by atoms with van der Waals surface area (Å²) < 4.78 is 0. The van der Waals surface area contributed by atoms with E-state index >= 15 is 0 Å². The van der Waals surface area contributed by atoms with Crippen LogP contribution in [0.15, 0.2) is 91.0 Å². The highest BCUT2D eigenvalue weighted by Crippen LogP contribution is 2.49. The number of hydrogen-bond acceptors (Lipinski definition) is 2. The minimum Gasteiger partial charge on any atom is -0.423 e. The molecule has 0 bridgehead atoms. The van der Waals surface area contributed by atoms with Gasteiger partial charge in [-0.15, -0.1) is 0 Å². The van der Waals surface area contributed by atoms with Crippen LogP contribution in [0.5, 0.6) is 0 Å². The van der Waals surface area contributed by atoms with Crippen molar-refractivity contribution < 1.29 is 10.0 Å². The van der Waals surface area contributed by atoms with Gasteiger partial charge in [-0.05, 0) is 72.5 Å². The van der Waals surface area contributed by atoms with E-state index in [-0.39, 0.29) is 5.41 Å². The molecule has 0 aliphatic heterocycles. The second kappa shape index (κ2) is 6.80. The molecule has 0 fully saturated rings. The molecular formula is C29H23BO2. The second-order valence-electron chi connectivity index (χ2n) is 9.29. The predicted octanol–water partition coefficient (Wildman–Crippen LogP) is 5.65. The zero-order valence-electron chi connectivity index (χ0n) is 18.1. The van der Waals surface area contributed by atoms with Crippen LogP contribution in [0.3, 0.4) is 0 Å². The average Bonchev–Trinajstić information content (AvgIpc) is 3.05. The molecule has 0 amide bonds. The molecule has 0 heterocycles. The van der Waals surface area contributed by atoms with Gasteiger partial charge in [0.2, 0.25) is 0 Å². The van der Waals surface area contributed by atoms with Crippen LogP contribution in [-0.2, 0) is 5.41 Å². The first-order valence-electron chi connectivity index (χ1n) is 11.0. The SMILES string of the molecule is CC1(C)c2ccccc2-c2ccc(-c3ccc4c(ccc5cc(B(O)O)ccc54)c3)cc21. The summed E-state index contributed by atoms with van der Waals surface area (Å²) in [5, 5.41) is 23.4. The molecule has 154 valence electrons. The van der Waals surface area contributed by atoms with Gasteiger partial charge < -0.3 is 10.0 Å². The van der Waals surface area contributed by atoms with Crippen LogP contribution in [0.2, 0.25) is 0 Å². The van der Waals surface area contributed by atoms with Gasteiger partial charge >= 0.3 is 7.12 Å². The molecule has 0 saturated carbocycles. The molecule has 2 nitrogen and oxygen atoms in total. The normalized spacial score (nSPS) is 13.9. The van der Waals surface area contributed by atoms with Gasteiger partial charge in [-0.2, -0.15) is 0 Å². The third kappa shape index (κ3) is 2.75. The first-order valence-corrected chi connectivity index (χ1v) is 11.0. The molecule has 0 aromatic heterocycles. The topological polar surface area (TPSA) is 40.5 Å². The van der Waals surface area contributed by atoms with Crippen LogP contribution >= 0.6 is 0 Å². The van der Waals surface area contributed by atoms with Crippen molar-refractivity contribution in [3.63, 3.8) is 0 Å². The highest BCUT2D eigenvalue weighted by Gasteiger charge is 2.35. The third-order valence-corrected chi connectivity index (χ3v) is 7.07. The maximum atomic E-state index is 9.48. The zero-order valence-corrected chi connectivity index (χ0v) is 18.1. The molecule has 0 unspecified atom stereocenters. The second-order valence-corrected chi connectivity index (χ2v) is 9.29. The predicted molar refractivity (Wildman–Crippen MR) is 134 cm³/mol. The van der Waals surface area contributed by atoms with Crippen LogP contribution in [0.1, 0.15) is 25.0 Å². The van der Waals surface area contributed by atoms with Gasteiger partial charge in [0.15, 0.2) is 0 Å². The average molecular weight is 414 g/mol. The molecular weight excluding hydrogens is 391 g/mol. The zero-order chi connectivity index (χ0) is 22.0. The van der Waals surface area contributed by atoms with Crippen LogP contribution in [-0.4, -0.2) is 17.2 Å². The van der Waals surface area contributed by atoms with Crippen molar-refractivity contribution in [1.29, 1.82) is 0 Å². The van der Waals surface area contributed by atoms with Gasteiger partial charge in [0.25, 0.3) is 0 Å². The third-order valence-electron chi connectivity index (χ3n) is 7.07. The Bertz CT molecular complexity index is 1530. The lowest BCUT2D eigenvalue weighted by Crippen LogP contribution is -2.29. The summed E-state index contributed by atoms with van der Waals surface area (Å²) in [5.41, 5.74) is 8.38. The van der Waals surface area contributed by atoms with Gasteiger partial charge in [-0.3, -0.25) is 0 Å². The summed E-state index contributed by atoms with van der Waals surface area (Å²) >= 11 is 0. The summed E-state index contributed by atoms with van der Waals surface area (Å²) in [6.45, 7) is 4.62. The Morgan fingerprint density at radius 3 is 2.00 bits per heavy atom. The van der Waals surface area contributed by atoms with Crippen molar-refractivity contribution >= 4 is 34.1 Å². The summed E-state index contributed by atoms with van der Waals surface area (Å²) in [6.07, 6.45) is 0. The van der Waals surface area contributed by atoms with Gasteiger partial charge in [0.05, 0.1) is 0 Å². The van der Waals surface area contributed by atoms with Crippen LogP contribution in [0.25, 0.3) is 43.8 Å². The number of fused-ring (bicyclic) bond motifs is 6. The van der Waals surface area contributed by atoms with E-state index in [9.17, 15) is 10.0 Å². The van der Waals surface area contributed by atoms with Crippen LogP contribution < -0.4 is 5.46 Å². The summed E-state index contributed by atoms with van der Waals surface area (Å²) in [7, 11) is -1.45. The molecule has 0 spiro atoms. The van der Waals surface area contributed by atoms with E-state index in [0.717, 1.165) is 10.8 Å². The Morgan fingerprint density at radius 1 is 0.594 bits per heavy atom. The van der Waals surface area contributed by atoms with Crippen molar-refractivity contribution in [1.82, 2.24) is 0 Å². The van der Waals surface area contributed by atoms with Crippen molar-refractivity contribution in [2.75, 3.05) is 0 Å². The molecule has 0 saturated heterocycles. The molecule has 2 N–H and O–H groups in total. The molecule has 1 aliphatic carbocycles. The highest BCUT2D eigenvalue weighted by molar-refractivity contribution is 6.59. The van der Waals surface area contributed by atoms with Crippen molar-refractivity contribution in [3.8, 4) is 22.3 Å². The smallest absolute Gasteiger partial charge is 0.423 e. The Balaban J connectivity index is 1.47. The maximum Gasteiger partial charge on any atom is 0.488 e.